The Morgan fingerprint density at radius 1 is 0.625 bits per heavy atom. The van der Waals surface area contributed by atoms with Gasteiger partial charge in [0.2, 0.25) is 0 Å². The normalized spacial score (nSPS) is 9.50. The third-order valence-corrected chi connectivity index (χ3v) is 4.06. The molecule has 0 aliphatic heterocycles. The van der Waals surface area contributed by atoms with E-state index in [-0.39, 0.29) is 53.5 Å². The molecule has 4 rings (SSSR count). The van der Waals surface area contributed by atoms with E-state index in [0.29, 0.717) is 0 Å². The van der Waals surface area contributed by atoms with Crippen molar-refractivity contribution in [3.05, 3.63) is 98.8 Å². The van der Waals surface area contributed by atoms with Gasteiger partial charge in [-0.05, 0) is 12.8 Å². The first kappa shape index (κ1) is 22.8. The fraction of sp³-hybridized carbons (Fsp3) is 0.0909. The summed E-state index contributed by atoms with van der Waals surface area (Å²) in [6.45, 7) is 0. The minimum absolute atomic E-state index is 0. The smallest absolute Gasteiger partial charge is 0 e. The van der Waals surface area contributed by atoms with Crippen LogP contribution in [0.4, 0.5) is 0 Å². The average molecular weight is 413 g/mol. The van der Waals surface area contributed by atoms with E-state index in [2.05, 4.69) is 72.8 Å². The number of fused-ring (bicyclic) bond motifs is 2. The monoisotopic (exact) mass is 411 g/mol. The molecule has 0 N–H and O–H groups in total. The first-order valence-corrected chi connectivity index (χ1v) is 7.17. The molecule has 0 bridgehead atoms. The van der Waals surface area contributed by atoms with Crippen LogP contribution in [-0.4, -0.2) is 0 Å². The predicted molar refractivity (Wildman–Crippen MR) is 99.3 cm³/mol. The van der Waals surface area contributed by atoms with Gasteiger partial charge in [-0.1, -0.05) is 12.1 Å². The maximum absolute atomic E-state index is 2.32. The van der Waals surface area contributed by atoms with Crippen molar-refractivity contribution in [1.29, 1.82) is 0 Å². The molecule has 0 saturated carbocycles. The van der Waals surface area contributed by atoms with E-state index in [9.17, 15) is 0 Å². The molecule has 0 unspecified atom stereocenters. The van der Waals surface area contributed by atoms with E-state index in [0.717, 1.165) is 12.8 Å². The molecule has 4 aromatic carbocycles. The van der Waals surface area contributed by atoms with Gasteiger partial charge in [0.1, 0.15) is 0 Å². The van der Waals surface area contributed by atoms with E-state index in [4.69, 9.17) is 0 Å². The van der Waals surface area contributed by atoms with E-state index < -0.39 is 0 Å². The molecule has 24 heavy (non-hydrogen) atoms. The molecule has 0 aliphatic carbocycles. The van der Waals surface area contributed by atoms with Crippen molar-refractivity contribution in [2.24, 2.45) is 0 Å². The summed E-state index contributed by atoms with van der Waals surface area (Å²) in [5, 5.41) is 5.43. The Morgan fingerprint density at radius 2 is 1.00 bits per heavy atom. The van der Waals surface area contributed by atoms with E-state index in [1.165, 1.54) is 32.7 Å². The van der Waals surface area contributed by atoms with Crippen LogP contribution in [0, 0.1) is 14.9 Å². The molecule has 0 nitrogen and oxygen atoms in total. The quantitative estimate of drug-likeness (QED) is 0.453. The van der Waals surface area contributed by atoms with E-state index in [1.807, 2.05) is 0 Å². The van der Waals surface area contributed by atoms with Gasteiger partial charge >= 0.3 is 0 Å². The van der Waals surface area contributed by atoms with Gasteiger partial charge in [0.25, 0.3) is 0 Å². The maximum Gasteiger partial charge on any atom is 0 e. The van der Waals surface area contributed by atoms with Crippen LogP contribution in [0.25, 0.3) is 21.5 Å². The van der Waals surface area contributed by atoms with Gasteiger partial charge in [-0.3, -0.25) is 0 Å². The van der Waals surface area contributed by atoms with Crippen LogP contribution in [0.1, 0.15) is 11.1 Å². The number of rotatable bonds is 3. The molecule has 0 heterocycles. The van der Waals surface area contributed by atoms with Crippen LogP contribution < -0.4 is 12.4 Å². The zero-order chi connectivity index (χ0) is 13.4. The van der Waals surface area contributed by atoms with Crippen LogP contribution in [0.2, 0.25) is 0 Å². The molecule has 0 radical (unpaired) electrons. The third-order valence-electron chi connectivity index (χ3n) is 4.06. The number of hydrogen-bond donors (Lipinski definition) is 0. The summed E-state index contributed by atoms with van der Waals surface area (Å²) >= 11 is 0. The Balaban J connectivity index is 0.00000132. The molecular weight excluding hydrogens is 391 g/mol. The Bertz CT molecular complexity index is 730. The topological polar surface area (TPSA) is 0 Å². The van der Waals surface area contributed by atoms with Crippen LogP contribution in [0.5, 0.6) is 0 Å². The first-order chi connectivity index (χ1) is 9.88. The molecular formula is C22H22ClZr-5. The van der Waals surface area contributed by atoms with Crippen LogP contribution in [0.15, 0.2) is 72.8 Å². The Kier molecular flexibility index (Phi) is 9.48. The Hall–Kier alpha value is -1.17. The SMILES string of the molecule is [CH3-].[CH3-].[Cl-].[Zr].c1ccc2[cH-]c(CCc3cc4ccccc4[cH-]3)cc2c1. The Labute approximate surface area is 171 Å². The molecule has 126 valence electrons. The van der Waals surface area contributed by atoms with Crippen molar-refractivity contribution in [2.45, 2.75) is 12.8 Å². The van der Waals surface area contributed by atoms with Gasteiger partial charge < -0.3 is 27.3 Å². The summed E-state index contributed by atoms with van der Waals surface area (Å²) in [6.07, 6.45) is 2.23. The third kappa shape index (κ3) is 4.68. The van der Waals surface area contributed by atoms with Crippen molar-refractivity contribution < 1.29 is 38.6 Å². The van der Waals surface area contributed by atoms with Gasteiger partial charge in [-0.15, -0.1) is 81.2 Å². The molecule has 0 spiro atoms. The largest absolute Gasteiger partial charge is 1.00 e. The number of aryl methyl sites for hydroxylation is 2. The van der Waals surface area contributed by atoms with Gasteiger partial charge in [0, 0.05) is 26.2 Å². The second-order valence-electron chi connectivity index (χ2n) is 5.49. The summed E-state index contributed by atoms with van der Waals surface area (Å²) in [5.41, 5.74) is 2.88. The van der Waals surface area contributed by atoms with Gasteiger partial charge in [0.15, 0.2) is 0 Å². The molecule has 0 aliphatic rings. The molecule has 0 atom stereocenters. The number of halogens is 1. The van der Waals surface area contributed by atoms with Crippen molar-refractivity contribution in [2.75, 3.05) is 0 Å². The summed E-state index contributed by atoms with van der Waals surface area (Å²) in [5.74, 6) is 0. The van der Waals surface area contributed by atoms with Crippen molar-refractivity contribution in [3.63, 3.8) is 0 Å². The van der Waals surface area contributed by atoms with Crippen LogP contribution >= 0.6 is 0 Å². The summed E-state index contributed by atoms with van der Waals surface area (Å²) in [6, 6.07) is 26.5. The summed E-state index contributed by atoms with van der Waals surface area (Å²) in [4.78, 5) is 0. The number of benzene rings is 2. The molecule has 4 aromatic rings. The van der Waals surface area contributed by atoms with Gasteiger partial charge in [-0.25, -0.2) is 0 Å². The second kappa shape index (κ2) is 9.97. The first-order valence-electron chi connectivity index (χ1n) is 7.17. The van der Waals surface area contributed by atoms with Crippen molar-refractivity contribution >= 4 is 21.5 Å². The van der Waals surface area contributed by atoms with Crippen LogP contribution in [0.3, 0.4) is 0 Å². The zero-order valence-electron chi connectivity index (χ0n) is 14.2. The zero-order valence-corrected chi connectivity index (χ0v) is 17.4. The average Bonchev–Trinajstić information content (AvgIpc) is 3.07. The van der Waals surface area contributed by atoms with Crippen LogP contribution in [-0.2, 0) is 39.0 Å². The molecule has 0 fully saturated rings. The standard InChI is InChI=1S/C20H16.2CH3.ClH.Zr/c1-2-6-18-12-15(11-17(18)5-1)9-10-16-13-19-7-3-4-8-20(19)14-16;;;;/h1-8,11-14H,9-10H2;2*1H3;1H;/q-2;2*-1;;/p-1. The van der Waals surface area contributed by atoms with Gasteiger partial charge in [-0.2, -0.15) is 12.1 Å². The molecule has 0 aromatic heterocycles. The minimum Gasteiger partial charge on any atom is -1.00 e. The van der Waals surface area contributed by atoms with Crippen molar-refractivity contribution in [3.8, 4) is 0 Å². The van der Waals surface area contributed by atoms with Crippen molar-refractivity contribution in [1.82, 2.24) is 0 Å². The predicted octanol–water partition coefficient (Wildman–Crippen LogP) is 3.12. The summed E-state index contributed by atoms with van der Waals surface area (Å²) in [7, 11) is 0. The maximum atomic E-state index is 2.32. The number of hydrogen-bond acceptors (Lipinski definition) is 0. The molecule has 2 heteroatoms. The fourth-order valence-corrected chi connectivity index (χ4v) is 3.01. The van der Waals surface area contributed by atoms with Gasteiger partial charge in [0.05, 0.1) is 0 Å². The second-order valence-corrected chi connectivity index (χ2v) is 5.49. The molecule has 0 saturated heterocycles. The Morgan fingerprint density at radius 3 is 1.38 bits per heavy atom. The van der Waals surface area contributed by atoms with E-state index >= 15 is 0 Å². The minimum atomic E-state index is 0. The fourth-order valence-electron chi connectivity index (χ4n) is 3.01. The van der Waals surface area contributed by atoms with E-state index in [1.54, 1.807) is 0 Å². The summed E-state index contributed by atoms with van der Waals surface area (Å²) < 4.78 is 0. The molecule has 0 amide bonds.